The number of carboxylic acids is 1. The first-order chi connectivity index (χ1) is 8.02. The number of hydrogen-bond donors (Lipinski definition) is 1. The summed E-state index contributed by atoms with van der Waals surface area (Å²) >= 11 is 0. The number of carbonyl (C=O) groups excluding carboxylic acids is 1. The topological polar surface area (TPSA) is 110 Å². The SMILES string of the molecule is O=C(O)C(=O)CCCc1ncccc1[N+](=O)[O-]. The summed E-state index contributed by atoms with van der Waals surface area (Å²) in [5, 5.41) is 19.0. The molecule has 0 fully saturated rings. The lowest BCUT2D eigenvalue weighted by Crippen LogP contribution is -2.12. The van der Waals surface area contributed by atoms with Crippen LogP contribution in [0.5, 0.6) is 0 Å². The lowest BCUT2D eigenvalue weighted by Gasteiger charge is -2.00. The van der Waals surface area contributed by atoms with Crippen molar-refractivity contribution in [3.63, 3.8) is 0 Å². The van der Waals surface area contributed by atoms with E-state index in [2.05, 4.69) is 4.98 Å². The molecule has 0 aliphatic carbocycles. The average Bonchev–Trinajstić information content (AvgIpc) is 2.29. The summed E-state index contributed by atoms with van der Waals surface area (Å²) in [4.78, 5) is 35.0. The fourth-order valence-corrected chi connectivity index (χ4v) is 1.31. The summed E-state index contributed by atoms with van der Waals surface area (Å²) in [5.41, 5.74) is 0.144. The Bertz CT molecular complexity index is 458. The van der Waals surface area contributed by atoms with Crippen LogP contribution in [0.3, 0.4) is 0 Å². The number of pyridine rings is 1. The second kappa shape index (κ2) is 5.69. The first-order valence-electron chi connectivity index (χ1n) is 4.86. The zero-order valence-electron chi connectivity index (χ0n) is 8.83. The maximum Gasteiger partial charge on any atom is 0.372 e. The van der Waals surface area contributed by atoms with Crippen LogP contribution in [-0.4, -0.2) is 26.8 Å². The normalized spacial score (nSPS) is 9.88. The molecule has 0 saturated heterocycles. The number of nitrogens with zero attached hydrogens (tertiary/aromatic N) is 2. The third-order valence-corrected chi connectivity index (χ3v) is 2.12. The molecular formula is C10H10N2O5. The molecule has 7 nitrogen and oxygen atoms in total. The Morgan fingerprint density at radius 3 is 2.76 bits per heavy atom. The van der Waals surface area contributed by atoms with Gasteiger partial charge in [0.25, 0.3) is 5.69 Å². The molecule has 1 N–H and O–H groups in total. The van der Waals surface area contributed by atoms with Crippen molar-refractivity contribution >= 4 is 17.4 Å². The minimum absolute atomic E-state index is 0.115. The van der Waals surface area contributed by atoms with Crippen molar-refractivity contribution in [1.82, 2.24) is 4.98 Å². The molecule has 1 heterocycles. The van der Waals surface area contributed by atoms with E-state index in [1.54, 1.807) is 0 Å². The Morgan fingerprint density at radius 2 is 2.18 bits per heavy atom. The summed E-state index contributed by atoms with van der Waals surface area (Å²) in [6.07, 6.45) is 1.70. The predicted octanol–water partition coefficient (Wildman–Crippen LogP) is 0.966. The minimum atomic E-state index is -1.49. The number of nitro groups is 1. The van der Waals surface area contributed by atoms with Crippen LogP contribution in [-0.2, 0) is 16.0 Å². The Balaban J connectivity index is 2.61. The number of aliphatic carboxylic acids is 1. The van der Waals surface area contributed by atoms with Gasteiger partial charge in [-0.25, -0.2) is 4.79 Å². The van der Waals surface area contributed by atoms with Crippen LogP contribution in [0.15, 0.2) is 18.3 Å². The van der Waals surface area contributed by atoms with Crippen molar-refractivity contribution in [1.29, 1.82) is 0 Å². The number of hydrogen-bond acceptors (Lipinski definition) is 5. The highest BCUT2D eigenvalue weighted by Crippen LogP contribution is 2.17. The number of aromatic nitrogens is 1. The van der Waals surface area contributed by atoms with Crippen molar-refractivity contribution in [2.75, 3.05) is 0 Å². The van der Waals surface area contributed by atoms with E-state index in [1.165, 1.54) is 18.3 Å². The Hall–Kier alpha value is -2.31. The van der Waals surface area contributed by atoms with E-state index in [4.69, 9.17) is 5.11 Å². The number of aryl methyl sites for hydroxylation is 1. The molecule has 0 aromatic carbocycles. The molecule has 1 rings (SSSR count). The van der Waals surface area contributed by atoms with Crippen LogP contribution >= 0.6 is 0 Å². The van der Waals surface area contributed by atoms with Gasteiger partial charge < -0.3 is 5.11 Å². The highest BCUT2D eigenvalue weighted by Gasteiger charge is 2.15. The first kappa shape index (κ1) is 12.8. The van der Waals surface area contributed by atoms with Gasteiger partial charge in [-0.15, -0.1) is 0 Å². The predicted molar refractivity (Wildman–Crippen MR) is 56.5 cm³/mol. The maximum atomic E-state index is 10.8. The smallest absolute Gasteiger partial charge is 0.372 e. The molecule has 90 valence electrons. The van der Waals surface area contributed by atoms with Crippen LogP contribution < -0.4 is 0 Å². The summed E-state index contributed by atoms with van der Waals surface area (Å²) in [7, 11) is 0. The van der Waals surface area contributed by atoms with Gasteiger partial charge in [-0.05, 0) is 18.9 Å². The molecule has 0 aliphatic heterocycles. The molecule has 7 heteroatoms. The fraction of sp³-hybridized carbons (Fsp3) is 0.300. The minimum Gasteiger partial charge on any atom is -0.476 e. The largest absolute Gasteiger partial charge is 0.476 e. The van der Waals surface area contributed by atoms with E-state index >= 15 is 0 Å². The fourth-order valence-electron chi connectivity index (χ4n) is 1.31. The lowest BCUT2D eigenvalue weighted by molar-refractivity contribution is -0.385. The molecule has 0 atom stereocenters. The van der Waals surface area contributed by atoms with Crippen molar-refractivity contribution in [3.8, 4) is 0 Å². The van der Waals surface area contributed by atoms with Gasteiger partial charge in [0.05, 0.1) is 4.92 Å². The van der Waals surface area contributed by atoms with Gasteiger partial charge in [0.15, 0.2) is 0 Å². The van der Waals surface area contributed by atoms with Gasteiger partial charge in [0.2, 0.25) is 5.78 Å². The molecule has 0 spiro atoms. The van der Waals surface area contributed by atoms with Crippen molar-refractivity contribution < 1.29 is 19.6 Å². The first-order valence-corrected chi connectivity index (χ1v) is 4.86. The number of ketones is 1. The molecule has 0 bridgehead atoms. The van der Waals surface area contributed by atoms with Crippen molar-refractivity contribution in [3.05, 3.63) is 34.1 Å². The molecule has 0 radical (unpaired) electrons. The van der Waals surface area contributed by atoms with Crippen LogP contribution in [0.1, 0.15) is 18.5 Å². The quantitative estimate of drug-likeness (QED) is 0.449. The molecule has 1 aromatic heterocycles. The van der Waals surface area contributed by atoms with Gasteiger partial charge in [-0.1, -0.05) is 0 Å². The highest BCUT2D eigenvalue weighted by atomic mass is 16.6. The molecule has 1 aromatic rings. The summed E-state index contributed by atoms with van der Waals surface area (Å²) < 4.78 is 0. The second-order valence-corrected chi connectivity index (χ2v) is 3.31. The summed E-state index contributed by atoms with van der Waals surface area (Å²) in [6.45, 7) is 0. The van der Waals surface area contributed by atoms with Gasteiger partial charge in [-0.3, -0.25) is 19.9 Å². The van der Waals surface area contributed by atoms with E-state index in [9.17, 15) is 19.7 Å². The second-order valence-electron chi connectivity index (χ2n) is 3.31. The molecule has 17 heavy (non-hydrogen) atoms. The zero-order valence-corrected chi connectivity index (χ0v) is 8.83. The third-order valence-electron chi connectivity index (χ3n) is 2.12. The van der Waals surface area contributed by atoms with Crippen LogP contribution in [0.25, 0.3) is 0 Å². The molecule has 0 saturated carbocycles. The summed E-state index contributed by atoms with van der Waals surface area (Å²) in [6, 6.07) is 2.77. The van der Waals surface area contributed by atoms with Crippen molar-refractivity contribution in [2.45, 2.75) is 19.3 Å². The molecule has 0 aliphatic rings. The lowest BCUT2D eigenvalue weighted by atomic mass is 10.1. The van der Waals surface area contributed by atoms with Gasteiger partial charge >= 0.3 is 5.97 Å². The van der Waals surface area contributed by atoms with Crippen LogP contribution in [0.2, 0.25) is 0 Å². The Kier molecular flexibility index (Phi) is 4.27. The highest BCUT2D eigenvalue weighted by molar-refractivity contribution is 6.32. The zero-order chi connectivity index (χ0) is 12.8. The number of Topliss-reactive ketones (excluding diaryl/α,β-unsaturated/α-hetero) is 1. The molecule has 0 unspecified atom stereocenters. The number of carbonyl (C=O) groups is 2. The standard InChI is InChI=1S/C10H10N2O5/c13-9(10(14)15)5-1-3-7-8(12(16)17)4-2-6-11-7/h2,4,6H,1,3,5H2,(H,14,15). The van der Waals surface area contributed by atoms with E-state index in [0.717, 1.165) is 0 Å². The van der Waals surface area contributed by atoms with E-state index in [-0.39, 0.29) is 30.6 Å². The number of rotatable bonds is 6. The molecular weight excluding hydrogens is 228 g/mol. The average molecular weight is 238 g/mol. The third kappa shape index (κ3) is 3.63. The van der Waals surface area contributed by atoms with Crippen molar-refractivity contribution in [2.24, 2.45) is 0 Å². The van der Waals surface area contributed by atoms with E-state index in [1.807, 2.05) is 0 Å². The van der Waals surface area contributed by atoms with Crippen LogP contribution in [0.4, 0.5) is 5.69 Å². The van der Waals surface area contributed by atoms with Gasteiger partial charge in [0.1, 0.15) is 5.69 Å². The maximum absolute atomic E-state index is 10.8. The Labute approximate surface area is 96.2 Å². The molecule has 0 amide bonds. The van der Waals surface area contributed by atoms with Gasteiger partial charge in [-0.2, -0.15) is 0 Å². The number of carboxylic acid groups (broad SMARTS) is 1. The van der Waals surface area contributed by atoms with Gasteiger partial charge in [0, 0.05) is 18.7 Å². The van der Waals surface area contributed by atoms with E-state index < -0.39 is 16.7 Å². The van der Waals surface area contributed by atoms with Crippen LogP contribution in [0, 0.1) is 10.1 Å². The Morgan fingerprint density at radius 1 is 1.47 bits per heavy atom. The summed E-state index contributed by atoms with van der Waals surface area (Å²) in [5.74, 6) is -2.39. The monoisotopic (exact) mass is 238 g/mol. The van der Waals surface area contributed by atoms with E-state index in [0.29, 0.717) is 0 Å².